The van der Waals surface area contributed by atoms with Crippen LogP contribution in [0.15, 0.2) is 23.2 Å². The SMILES string of the molecule is CC1=C(O)C(O)C=C(C(F)F)N1C. The van der Waals surface area contributed by atoms with Crippen LogP contribution in [0.25, 0.3) is 0 Å². The van der Waals surface area contributed by atoms with Crippen molar-refractivity contribution in [2.45, 2.75) is 19.5 Å². The lowest BCUT2D eigenvalue weighted by atomic mass is 10.1. The molecule has 0 aliphatic carbocycles. The Labute approximate surface area is 74.6 Å². The van der Waals surface area contributed by atoms with E-state index < -0.39 is 12.5 Å². The van der Waals surface area contributed by atoms with Crippen molar-refractivity contribution in [3.8, 4) is 0 Å². The highest BCUT2D eigenvalue weighted by atomic mass is 19.3. The molecule has 3 nitrogen and oxygen atoms in total. The van der Waals surface area contributed by atoms with Gasteiger partial charge in [0.1, 0.15) is 11.9 Å². The fourth-order valence-electron chi connectivity index (χ4n) is 1.15. The number of allylic oxidation sites excluding steroid dienone is 2. The zero-order valence-corrected chi connectivity index (χ0v) is 7.33. The van der Waals surface area contributed by atoms with E-state index in [0.717, 1.165) is 11.0 Å². The summed E-state index contributed by atoms with van der Waals surface area (Å²) in [7, 11) is 1.41. The van der Waals surface area contributed by atoms with Crippen LogP contribution in [0.2, 0.25) is 0 Å². The average molecular weight is 191 g/mol. The first-order valence-electron chi connectivity index (χ1n) is 3.76. The Morgan fingerprint density at radius 2 is 2.08 bits per heavy atom. The van der Waals surface area contributed by atoms with E-state index in [1.54, 1.807) is 0 Å². The van der Waals surface area contributed by atoms with Crippen LogP contribution in [0.1, 0.15) is 6.92 Å². The Morgan fingerprint density at radius 1 is 1.54 bits per heavy atom. The third-order valence-corrected chi connectivity index (χ3v) is 2.09. The van der Waals surface area contributed by atoms with E-state index in [1.807, 2.05) is 0 Å². The summed E-state index contributed by atoms with van der Waals surface area (Å²) < 4.78 is 24.6. The molecule has 0 fully saturated rings. The smallest absolute Gasteiger partial charge is 0.278 e. The lowest BCUT2D eigenvalue weighted by Crippen LogP contribution is -2.30. The molecular formula is C8H11F2NO2. The number of aliphatic hydroxyl groups excluding tert-OH is 2. The number of hydrogen-bond acceptors (Lipinski definition) is 3. The molecule has 0 spiro atoms. The second-order valence-electron chi connectivity index (χ2n) is 2.87. The molecule has 1 aliphatic heterocycles. The first kappa shape index (κ1) is 9.98. The van der Waals surface area contributed by atoms with Gasteiger partial charge < -0.3 is 15.1 Å². The Kier molecular flexibility index (Phi) is 2.56. The van der Waals surface area contributed by atoms with Crippen molar-refractivity contribution in [2.75, 3.05) is 7.05 Å². The summed E-state index contributed by atoms with van der Waals surface area (Å²) in [6.45, 7) is 1.47. The Balaban J connectivity index is 3.00. The van der Waals surface area contributed by atoms with Gasteiger partial charge in [0.2, 0.25) is 0 Å². The van der Waals surface area contributed by atoms with Crippen LogP contribution in [0.5, 0.6) is 0 Å². The van der Waals surface area contributed by atoms with Crippen LogP contribution in [0, 0.1) is 0 Å². The molecule has 1 atom stereocenters. The van der Waals surface area contributed by atoms with Crippen LogP contribution in [0.4, 0.5) is 8.78 Å². The highest BCUT2D eigenvalue weighted by molar-refractivity contribution is 5.27. The fraction of sp³-hybridized carbons (Fsp3) is 0.500. The van der Waals surface area contributed by atoms with Gasteiger partial charge in [0.25, 0.3) is 6.43 Å². The molecule has 5 heteroatoms. The summed E-state index contributed by atoms with van der Waals surface area (Å²) in [5.74, 6) is -0.285. The number of halogens is 2. The van der Waals surface area contributed by atoms with Crippen molar-refractivity contribution in [1.29, 1.82) is 0 Å². The minimum Gasteiger partial charge on any atom is -0.507 e. The molecule has 0 saturated heterocycles. The van der Waals surface area contributed by atoms with Gasteiger partial charge in [0, 0.05) is 7.05 Å². The predicted molar refractivity (Wildman–Crippen MR) is 43.2 cm³/mol. The van der Waals surface area contributed by atoms with Gasteiger partial charge >= 0.3 is 0 Å². The van der Waals surface area contributed by atoms with Crippen LogP contribution in [-0.4, -0.2) is 34.7 Å². The summed E-state index contributed by atoms with van der Waals surface area (Å²) in [4.78, 5) is 1.16. The van der Waals surface area contributed by atoms with Gasteiger partial charge in [0.15, 0.2) is 0 Å². The lowest BCUT2D eigenvalue weighted by Gasteiger charge is -2.29. The van der Waals surface area contributed by atoms with Gasteiger partial charge in [-0.3, -0.25) is 0 Å². The minimum absolute atomic E-state index is 0.241. The van der Waals surface area contributed by atoms with E-state index in [0.29, 0.717) is 0 Å². The summed E-state index contributed by atoms with van der Waals surface area (Å²) in [5, 5.41) is 18.4. The summed E-state index contributed by atoms with van der Waals surface area (Å²) >= 11 is 0. The van der Waals surface area contributed by atoms with Crippen molar-refractivity contribution in [1.82, 2.24) is 4.90 Å². The van der Waals surface area contributed by atoms with Crippen molar-refractivity contribution in [2.24, 2.45) is 0 Å². The lowest BCUT2D eigenvalue weighted by molar-refractivity contribution is 0.129. The molecule has 13 heavy (non-hydrogen) atoms. The van der Waals surface area contributed by atoms with Crippen molar-refractivity contribution in [3.05, 3.63) is 23.2 Å². The minimum atomic E-state index is -2.65. The second-order valence-corrected chi connectivity index (χ2v) is 2.87. The van der Waals surface area contributed by atoms with Crippen molar-refractivity contribution >= 4 is 0 Å². The highest BCUT2D eigenvalue weighted by Crippen LogP contribution is 2.25. The Bertz CT molecular complexity index is 273. The topological polar surface area (TPSA) is 43.7 Å². The summed E-state index contributed by atoms with van der Waals surface area (Å²) in [6, 6.07) is 0. The van der Waals surface area contributed by atoms with E-state index in [2.05, 4.69) is 0 Å². The van der Waals surface area contributed by atoms with Gasteiger partial charge in [-0.05, 0) is 13.0 Å². The standard InChI is InChI=1S/C8H11F2NO2/c1-4-7(13)6(12)3-5(8(9)10)11(4)2/h3,6,8,12-13H,1-2H3. The first-order valence-corrected chi connectivity index (χ1v) is 3.76. The molecule has 1 heterocycles. The fourth-order valence-corrected chi connectivity index (χ4v) is 1.15. The van der Waals surface area contributed by atoms with E-state index in [4.69, 9.17) is 5.11 Å². The largest absolute Gasteiger partial charge is 0.507 e. The number of rotatable bonds is 1. The third kappa shape index (κ3) is 1.65. The average Bonchev–Trinajstić information content (AvgIpc) is 2.07. The number of alkyl halides is 2. The molecule has 0 aromatic heterocycles. The Hall–Kier alpha value is -1.10. The molecule has 2 N–H and O–H groups in total. The molecule has 0 aromatic carbocycles. The van der Waals surface area contributed by atoms with Gasteiger partial charge in [0.05, 0.1) is 11.4 Å². The zero-order chi connectivity index (χ0) is 10.2. The molecule has 74 valence electrons. The molecule has 1 aliphatic rings. The monoisotopic (exact) mass is 191 g/mol. The van der Waals surface area contributed by atoms with Gasteiger partial charge in [-0.15, -0.1) is 0 Å². The van der Waals surface area contributed by atoms with Crippen molar-refractivity contribution < 1.29 is 19.0 Å². The third-order valence-electron chi connectivity index (χ3n) is 2.09. The predicted octanol–water partition coefficient (Wildman–Crippen LogP) is 1.23. The van der Waals surface area contributed by atoms with Gasteiger partial charge in [-0.25, -0.2) is 8.78 Å². The molecule has 0 bridgehead atoms. The molecule has 0 saturated carbocycles. The zero-order valence-electron chi connectivity index (χ0n) is 7.33. The van der Waals surface area contributed by atoms with Gasteiger partial charge in [-0.1, -0.05) is 0 Å². The quantitative estimate of drug-likeness (QED) is 0.655. The van der Waals surface area contributed by atoms with E-state index in [1.165, 1.54) is 14.0 Å². The molecule has 0 radical (unpaired) electrons. The van der Waals surface area contributed by atoms with E-state index in [9.17, 15) is 13.9 Å². The number of aliphatic hydroxyl groups is 2. The number of nitrogens with zero attached hydrogens (tertiary/aromatic N) is 1. The maximum absolute atomic E-state index is 12.3. The summed E-state index contributed by atoms with van der Waals surface area (Å²) in [5.41, 5.74) is -0.0481. The number of hydrogen-bond donors (Lipinski definition) is 2. The molecule has 1 unspecified atom stereocenters. The van der Waals surface area contributed by atoms with Gasteiger partial charge in [-0.2, -0.15) is 0 Å². The van der Waals surface area contributed by atoms with Crippen molar-refractivity contribution in [3.63, 3.8) is 0 Å². The maximum atomic E-state index is 12.3. The van der Waals surface area contributed by atoms with Crippen LogP contribution >= 0.6 is 0 Å². The molecule has 0 aromatic rings. The molecule has 0 amide bonds. The van der Waals surface area contributed by atoms with E-state index >= 15 is 0 Å². The molecule has 1 rings (SSSR count). The van der Waals surface area contributed by atoms with Crippen LogP contribution < -0.4 is 0 Å². The molecular weight excluding hydrogens is 180 g/mol. The van der Waals surface area contributed by atoms with Crippen LogP contribution in [0.3, 0.4) is 0 Å². The van der Waals surface area contributed by atoms with Crippen LogP contribution in [-0.2, 0) is 0 Å². The second kappa shape index (κ2) is 3.33. The maximum Gasteiger partial charge on any atom is 0.278 e. The first-order chi connectivity index (χ1) is 5.95. The van der Waals surface area contributed by atoms with E-state index in [-0.39, 0.29) is 17.2 Å². The summed E-state index contributed by atoms with van der Waals surface area (Å²) in [6.07, 6.45) is -3.03. The highest BCUT2D eigenvalue weighted by Gasteiger charge is 2.27. The Morgan fingerprint density at radius 3 is 2.54 bits per heavy atom. The normalized spacial score (nSPS) is 24.0.